The number of nitrogens with one attached hydrogen (secondary N) is 1. The molecule has 3 rings (SSSR count). The third-order valence-corrected chi connectivity index (χ3v) is 4.41. The lowest BCUT2D eigenvalue weighted by Gasteiger charge is -2.19. The Balaban J connectivity index is 1.82. The van der Waals surface area contributed by atoms with E-state index in [1.807, 2.05) is 0 Å². The minimum absolute atomic E-state index is 0.164. The highest BCUT2D eigenvalue weighted by atomic mass is 32.2. The van der Waals surface area contributed by atoms with Crippen molar-refractivity contribution >= 4 is 10.0 Å². The summed E-state index contributed by atoms with van der Waals surface area (Å²) in [6.07, 6.45) is -0.533. The molecule has 2 aromatic carbocycles. The summed E-state index contributed by atoms with van der Waals surface area (Å²) in [6.45, 7) is 0.429. The first-order valence-corrected chi connectivity index (χ1v) is 7.74. The van der Waals surface area contributed by atoms with Crippen molar-refractivity contribution in [3.63, 3.8) is 0 Å². The van der Waals surface area contributed by atoms with Crippen LogP contribution in [0.2, 0.25) is 0 Å². The first kappa shape index (κ1) is 13.8. The summed E-state index contributed by atoms with van der Waals surface area (Å²) in [4.78, 5) is 0.164. The monoisotopic (exact) mass is 305 g/mol. The molecular formula is C14H12FN3O2S. The largest absolute Gasteiger partial charge is 0.299 e. The van der Waals surface area contributed by atoms with E-state index in [-0.39, 0.29) is 10.7 Å². The van der Waals surface area contributed by atoms with E-state index in [0.717, 1.165) is 5.56 Å². The maximum Gasteiger partial charge on any atom is 0.299 e. The maximum absolute atomic E-state index is 12.8. The highest BCUT2D eigenvalue weighted by Gasteiger charge is 2.27. The van der Waals surface area contributed by atoms with Crippen molar-refractivity contribution in [3.05, 3.63) is 65.5 Å². The van der Waals surface area contributed by atoms with Crippen LogP contribution >= 0.6 is 0 Å². The second kappa shape index (κ2) is 5.34. The molecule has 0 radical (unpaired) electrons. The lowest BCUT2D eigenvalue weighted by Crippen LogP contribution is -2.23. The topological polar surface area (TPSA) is 70.9 Å². The quantitative estimate of drug-likeness (QED) is 0.948. The summed E-state index contributed by atoms with van der Waals surface area (Å²) < 4.78 is 39.8. The van der Waals surface area contributed by atoms with Crippen LogP contribution in [0.3, 0.4) is 0 Å². The number of nitrogens with zero attached hydrogens (tertiary/aromatic N) is 2. The fraction of sp³-hybridized carbons (Fsp3) is 0.143. The third-order valence-electron chi connectivity index (χ3n) is 3.17. The second-order valence-corrected chi connectivity index (χ2v) is 6.17. The van der Waals surface area contributed by atoms with Gasteiger partial charge in [0, 0.05) is 12.1 Å². The van der Waals surface area contributed by atoms with Crippen LogP contribution < -0.4 is 5.32 Å². The van der Waals surface area contributed by atoms with Crippen LogP contribution in [-0.2, 0) is 16.6 Å². The Morgan fingerprint density at radius 2 is 1.81 bits per heavy atom. The predicted molar refractivity (Wildman–Crippen MR) is 74.5 cm³/mol. The Labute approximate surface area is 121 Å². The van der Waals surface area contributed by atoms with Gasteiger partial charge in [-0.2, -0.15) is 13.5 Å². The van der Waals surface area contributed by atoms with Crippen LogP contribution in [0.5, 0.6) is 0 Å². The Morgan fingerprint density at radius 1 is 1.10 bits per heavy atom. The molecule has 1 atom stereocenters. The van der Waals surface area contributed by atoms with Gasteiger partial charge in [0.05, 0.1) is 4.90 Å². The first-order valence-electron chi connectivity index (χ1n) is 6.30. The molecule has 1 heterocycles. The third kappa shape index (κ3) is 2.84. The summed E-state index contributed by atoms with van der Waals surface area (Å²) in [5, 5.41) is 6.91. The van der Waals surface area contributed by atoms with Gasteiger partial charge in [-0.15, -0.1) is 0 Å². The standard InChI is InChI=1S/C14H12FN3O2S/c15-11-7-5-10(6-8-11)9-16-14-12-3-1-2-4-13(12)21(19,20)18-17-14/h1-8,14,16H,9H2. The number of hydrogen-bond acceptors (Lipinski definition) is 4. The zero-order chi connectivity index (χ0) is 14.9. The summed E-state index contributed by atoms with van der Waals surface area (Å²) in [5.41, 5.74) is 1.44. The number of benzene rings is 2. The number of hydrogen-bond donors (Lipinski definition) is 1. The van der Waals surface area contributed by atoms with E-state index in [2.05, 4.69) is 15.0 Å². The van der Waals surface area contributed by atoms with Gasteiger partial charge < -0.3 is 0 Å². The Hall–Kier alpha value is -2.12. The van der Waals surface area contributed by atoms with Crippen molar-refractivity contribution in [2.24, 2.45) is 9.63 Å². The lowest BCUT2D eigenvalue weighted by atomic mass is 10.1. The van der Waals surface area contributed by atoms with Crippen LogP contribution in [-0.4, -0.2) is 8.42 Å². The molecule has 0 spiro atoms. The Bertz CT molecular complexity index is 788. The number of sulfonamides is 1. The van der Waals surface area contributed by atoms with E-state index in [9.17, 15) is 12.8 Å². The molecule has 1 N–H and O–H groups in total. The molecule has 1 aliphatic heterocycles. The molecule has 21 heavy (non-hydrogen) atoms. The van der Waals surface area contributed by atoms with E-state index >= 15 is 0 Å². The fourth-order valence-corrected chi connectivity index (χ4v) is 3.16. The molecule has 0 aromatic heterocycles. The summed E-state index contributed by atoms with van der Waals surface area (Å²) >= 11 is 0. The van der Waals surface area contributed by atoms with Crippen LogP contribution in [0.4, 0.5) is 4.39 Å². The first-order chi connectivity index (χ1) is 10.1. The minimum Gasteiger partial charge on any atom is -0.286 e. The van der Waals surface area contributed by atoms with Crippen molar-refractivity contribution in [2.75, 3.05) is 0 Å². The minimum atomic E-state index is -3.69. The zero-order valence-electron chi connectivity index (χ0n) is 10.9. The van der Waals surface area contributed by atoms with Gasteiger partial charge in [0.2, 0.25) is 0 Å². The van der Waals surface area contributed by atoms with Crippen LogP contribution in [0.15, 0.2) is 63.1 Å². The summed E-state index contributed by atoms with van der Waals surface area (Å²) in [7, 11) is -3.69. The molecular weight excluding hydrogens is 293 g/mol. The van der Waals surface area contributed by atoms with Crippen LogP contribution in [0.25, 0.3) is 0 Å². The molecule has 5 nitrogen and oxygen atoms in total. The van der Waals surface area contributed by atoms with Crippen molar-refractivity contribution in [1.82, 2.24) is 5.32 Å². The normalized spacial score (nSPS) is 19.2. The van der Waals surface area contributed by atoms with Gasteiger partial charge in [0.15, 0.2) is 0 Å². The SMILES string of the molecule is O=S1(=O)N=NC(NCc2ccc(F)cc2)c2ccccc21. The van der Waals surface area contributed by atoms with Crippen molar-refractivity contribution in [3.8, 4) is 0 Å². The van der Waals surface area contributed by atoms with E-state index in [1.54, 1.807) is 30.3 Å². The summed E-state index contributed by atoms with van der Waals surface area (Å²) in [6, 6.07) is 12.7. The molecule has 0 aliphatic carbocycles. The molecule has 0 amide bonds. The van der Waals surface area contributed by atoms with Crippen molar-refractivity contribution in [1.29, 1.82) is 0 Å². The predicted octanol–water partition coefficient (Wildman–Crippen LogP) is 2.77. The van der Waals surface area contributed by atoms with Gasteiger partial charge in [-0.25, -0.2) is 4.39 Å². The molecule has 108 valence electrons. The molecule has 1 aliphatic rings. The van der Waals surface area contributed by atoms with Gasteiger partial charge in [-0.05, 0) is 23.8 Å². The molecule has 0 saturated carbocycles. The Morgan fingerprint density at radius 3 is 2.57 bits per heavy atom. The van der Waals surface area contributed by atoms with Crippen LogP contribution in [0, 0.1) is 5.82 Å². The average Bonchev–Trinajstić information content (AvgIpc) is 2.48. The van der Waals surface area contributed by atoms with E-state index in [1.165, 1.54) is 18.2 Å². The zero-order valence-corrected chi connectivity index (χ0v) is 11.7. The van der Waals surface area contributed by atoms with E-state index in [0.29, 0.717) is 12.1 Å². The average molecular weight is 305 g/mol. The van der Waals surface area contributed by atoms with E-state index in [4.69, 9.17) is 0 Å². The van der Waals surface area contributed by atoms with E-state index < -0.39 is 16.2 Å². The number of fused-ring (bicyclic) bond motifs is 1. The molecule has 7 heteroatoms. The number of halogens is 1. The van der Waals surface area contributed by atoms with Gasteiger partial charge in [-0.3, -0.25) is 5.32 Å². The summed E-state index contributed by atoms with van der Waals surface area (Å²) in [5.74, 6) is -0.299. The van der Waals surface area contributed by atoms with Crippen molar-refractivity contribution in [2.45, 2.75) is 17.6 Å². The van der Waals surface area contributed by atoms with Gasteiger partial charge >= 0.3 is 0 Å². The van der Waals surface area contributed by atoms with Crippen LogP contribution in [0.1, 0.15) is 17.3 Å². The molecule has 0 bridgehead atoms. The highest BCUT2D eigenvalue weighted by molar-refractivity contribution is 7.90. The fourth-order valence-electron chi connectivity index (χ4n) is 2.12. The van der Waals surface area contributed by atoms with Gasteiger partial charge in [-0.1, -0.05) is 34.9 Å². The Kier molecular flexibility index (Phi) is 3.52. The van der Waals surface area contributed by atoms with Gasteiger partial charge in [0.1, 0.15) is 12.0 Å². The maximum atomic E-state index is 12.8. The molecule has 0 fully saturated rings. The van der Waals surface area contributed by atoms with Crippen molar-refractivity contribution < 1.29 is 12.8 Å². The molecule has 0 saturated heterocycles. The second-order valence-electron chi connectivity index (χ2n) is 4.62. The molecule has 1 unspecified atom stereocenters. The smallest absolute Gasteiger partial charge is 0.286 e. The number of rotatable bonds is 3. The van der Waals surface area contributed by atoms with Gasteiger partial charge in [0.25, 0.3) is 10.0 Å². The highest BCUT2D eigenvalue weighted by Crippen LogP contribution is 2.30. The molecule has 2 aromatic rings. The lowest BCUT2D eigenvalue weighted by molar-refractivity contribution is 0.508.